The van der Waals surface area contributed by atoms with Gasteiger partial charge in [0.1, 0.15) is 0 Å². The second kappa shape index (κ2) is 3.96. The van der Waals surface area contributed by atoms with E-state index < -0.39 is 0 Å². The van der Waals surface area contributed by atoms with Crippen LogP contribution >= 0.6 is 11.3 Å². The second-order valence-electron chi connectivity index (χ2n) is 4.32. The van der Waals surface area contributed by atoms with Crippen molar-refractivity contribution in [3.05, 3.63) is 16.6 Å². The van der Waals surface area contributed by atoms with Crippen LogP contribution in [0.1, 0.15) is 25.6 Å². The largest absolute Gasteiger partial charge is 0.380 e. The number of rotatable bonds is 4. The van der Waals surface area contributed by atoms with Gasteiger partial charge in [-0.05, 0) is 6.92 Å². The predicted octanol–water partition coefficient (Wildman–Crippen LogP) is 1.83. The van der Waals surface area contributed by atoms with Crippen LogP contribution in [-0.4, -0.2) is 24.7 Å². The molecule has 3 nitrogen and oxygen atoms in total. The first-order valence-corrected chi connectivity index (χ1v) is 5.83. The Morgan fingerprint density at radius 1 is 1.71 bits per heavy atom. The van der Waals surface area contributed by atoms with E-state index in [2.05, 4.69) is 29.5 Å². The van der Waals surface area contributed by atoms with Crippen LogP contribution in [0.15, 0.2) is 10.9 Å². The highest BCUT2D eigenvalue weighted by molar-refractivity contribution is 7.07. The van der Waals surface area contributed by atoms with E-state index in [1.54, 1.807) is 11.3 Å². The zero-order valence-corrected chi connectivity index (χ0v) is 9.43. The van der Waals surface area contributed by atoms with Gasteiger partial charge in [0.2, 0.25) is 0 Å². The number of hydrogen-bond donors (Lipinski definition) is 1. The third-order valence-corrected chi connectivity index (χ3v) is 3.24. The van der Waals surface area contributed by atoms with Crippen LogP contribution in [0.25, 0.3) is 0 Å². The lowest BCUT2D eigenvalue weighted by molar-refractivity contribution is -0.0999. The molecule has 0 bridgehead atoms. The Kier molecular flexibility index (Phi) is 2.85. The van der Waals surface area contributed by atoms with Crippen LogP contribution in [-0.2, 0) is 4.74 Å². The molecule has 0 aliphatic carbocycles. The molecule has 1 aliphatic rings. The highest BCUT2D eigenvalue weighted by Crippen LogP contribution is 2.26. The Morgan fingerprint density at radius 3 is 3.00 bits per heavy atom. The fourth-order valence-electron chi connectivity index (χ4n) is 1.49. The first-order chi connectivity index (χ1) is 6.70. The Bertz CT molecular complexity index is 282. The molecule has 1 atom stereocenters. The van der Waals surface area contributed by atoms with Gasteiger partial charge in [0, 0.05) is 23.4 Å². The Balaban J connectivity index is 1.80. The molecule has 0 spiro atoms. The summed E-state index contributed by atoms with van der Waals surface area (Å²) in [5.74, 6) is 0. The normalized spacial score (nSPS) is 21.6. The SMILES string of the molecule is CC(NCC1(C)COC1)c1cscn1. The topological polar surface area (TPSA) is 34.1 Å². The number of nitrogens with one attached hydrogen (secondary N) is 1. The summed E-state index contributed by atoms with van der Waals surface area (Å²) in [6.45, 7) is 7.16. The van der Waals surface area contributed by atoms with Crippen molar-refractivity contribution < 1.29 is 4.74 Å². The van der Waals surface area contributed by atoms with Crippen molar-refractivity contribution in [2.24, 2.45) is 5.41 Å². The summed E-state index contributed by atoms with van der Waals surface area (Å²) < 4.78 is 5.21. The molecule has 1 N–H and O–H groups in total. The first kappa shape index (κ1) is 10.1. The van der Waals surface area contributed by atoms with E-state index in [-0.39, 0.29) is 0 Å². The van der Waals surface area contributed by atoms with Crippen molar-refractivity contribution in [3.8, 4) is 0 Å². The maximum absolute atomic E-state index is 5.21. The zero-order valence-electron chi connectivity index (χ0n) is 8.62. The van der Waals surface area contributed by atoms with Crippen LogP contribution in [0.3, 0.4) is 0 Å². The molecular formula is C10H16N2OS. The van der Waals surface area contributed by atoms with Gasteiger partial charge in [0.05, 0.1) is 24.4 Å². The number of ether oxygens (including phenoxy) is 1. The van der Waals surface area contributed by atoms with Gasteiger partial charge in [-0.3, -0.25) is 0 Å². The van der Waals surface area contributed by atoms with Gasteiger partial charge < -0.3 is 10.1 Å². The molecule has 1 aromatic heterocycles. The molecule has 0 amide bonds. The summed E-state index contributed by atoms with van der Waals surface area (Å²) in [5, 5.41) is 5.59. The molecule has 1 aliphatic heterocycles. The van der Waals surface area contributed by atoms with Gasteiger partial charge in [-0.15, -0.1) is 11.3 Å². The van der Waals surface area contributed by atoms with Gasteiger partial charge in [0.15, 0.2) is 0 Å². The minimum Gasteiger partial charge on any atom is -0.380 e. The molecule has 0 aromatic carbocycles. The molecule has 78 valence electrons. The maximum Gasteiger partial charge on any atom is 0.0795 e. The van der Waals surface area contributed by atoms with E-state index in [9.17, 15) is 0 Å². The number of hydrogen-bond acceptors (Lipinski definition) is 4. The summed E-state index contributed by atoms with van der Waals surface area (Å²) in [4.78, 5) is 4.29. The molecule has 4 heteroatoms. The van der Waals surface area contributed by atoms with E-state index >= 15 is 0 Å². The second-order valence-corrected chi connectivity index (χ2v) is 5.04. The third-order valence-electron chi connectivity index (χ3n) is 2.63. The lowest BCUT2D eigenvalue weighted by Crippen LogP contribution is -2.47. The fraction of sp³-hybridized carbons (Fsp3) is 0.700. The Labute approximate surface area is 88.5 Å². The van der Waals surface area contributed by atoms with Crippen molar-refractivity contribution in [1.29, 1.82) is 0 Å². The number of aromatic nitrogens is 1. The van der Waals surface area contributed by atoms with Gasteiger partial charge in [-0.1, -0.05) is 6.92 Å². The predicted molar refractivity (Wildman–Crippen MR) is 57.5 cm³/mol. The highest BCUT2D eigenvalue weighted by atomic mass is 32.1. The van der Waals surface area contributed by atoms with Crippen LogP contribution in [0.4, 0.5) is 0 Å². The summed E-state index contributed by atoms with van der Waals surface area (Å²) in [6.07, 6.45) is 0. The molecule has 0 radical (unpaired) electrons. The summed E-state index contributed by atoms with van der Waals surface area (Å²) in [7, 11) is 0. The van der Waals surface area contributed by atoms with Crippen molar-refractivity contribution in [1.82, 2.24) is 10.3 Å². The van der Waals surface area contributed by atoms with Gasteiger partial charge >= 0.3 is 0 Å². The smallest absolute Gasteiger partial charge is 0.0795 e. The zero-order chi connectivity index (χ0) is 10.0. The summed E-state index contributed by atoms with van der Waals surface area (Å²) in [6, 6.07) is 0.346. The molecule has 14 heavy (non-hydrogen) atoms. The number of nitrogens with zero attached hydrogens (tertiary/aromatic N) is 1. The minimum absolute atomic E-state index is 0.338. The van der Waals surface area contributed by atoms with Gasteiger partial charge in [-0.25, -0.2) is 4.98 Å². The molecule has 1 aromatic rings. The molecule has 0 saturated carbocycles. The van der Waals surface area contributed by atoms with Crippen LogP contribution < -0.4 is 5.32 Å². The third kappa shape index (κ3) is 2.13. The highest BCUT2D eigenvalue weighted by Gasteiger charge is 2.33. The maximum atomic E-state index is 5.21. The van der Waals surface area contributed by atoms with E-state index in [1.165, 1.54) is 0 Å². The lowest BCUT2D eigenvalue weighted by Gasteiger charge is -2.38. The van der Waals surface area contributed by atoms with Crippen molar-refractivity contribution >= 4 is 11.3 Å². The van der Waals surface area contributed by atoms with Crippen LogP contribution in [0, 0.1) is 5.41 Å². The van der Waals surface area contributed by atoms with Crippen molar-refractivity contribution in [2.75, 3.05) is 19.8 Å². The van der Waals surface area contributed by atoms with Crippen LogP contribution in [0.2, 0.25) is 0 Å². The average molecular weight is 212 g/mol. The quantitative estimate of drug-likeness (QED) is 0.827. The van der Waals surface area contributed by atoms with Crippen LogP contribution in [0.5, 0.6) is 0 Å². The van der Waals surface area contributed by atoms with Gasteiger partial charge in [0.25, 0.3) is 0 Å². The lowest BCUT2D eigenvalue weighted by atomic mass is 9.88. The van der Waals surface area contributed by atoms with Gasteiger partial charge in [-0.2, -0.15) is 0 Å². The molecule has 1 fully saturated rings. The Hall–Kier alpha value is -0.450. The summed E-state index contributed by atoms with van der Waals surface area (Å²) in [5.41, 5.74) is 3.35. The molecular weight excluding hydrogens is 196 g/mol. The van der Waals surface area contributed by atoms with Crippen molar-refractivity contribution in [2.45, 2.75) is 19.9 Å². The van der Waals surface area contributed by atoms with E-state index in [1.807, 2.05) is 5.51 Å². The molecule has 1 saturated heterocycles. The Morgan fingerprint density at radius 2 is 2.50 bits per heavy atom. The average Bonchev–Trinajstić information content (AvgIpc) is 2.63. The first-order valence-electron chi connectivity index (χ1n) is 4.89. The van der Waals surface area contributed by atoms with Crippen molar-refractivity contribution in [3.63, 3.8) is 0 Å². The molecule has 2 heterocycles. The van der Waals surface area contributed by atoms with E-state index in [0.717, 1.165) is 25.5 Å². The van der Waals surface area contributed by atoms with E-state index in [0.29, 0.717) is 11.5 Å². The standard InChI is InChI=1S/C10H16N2OS/c1-8(9-3-14-7-12-9)11-4-10(2)5-13-6-10/h3,7-8,11H,4-6H2,1-2H3. The summed E-state index contributed by atoms with van der Waals surface area (Å²) >= 11 is 1.65. The fourth-order valence-corrected chi connectivity index (χ4v) is 2.14. The number of thiazole rings is 1. The van der Waals surface area contributed by atoms with E-state index in [4.69, 9.17) is 4.74 Å². The minimum atomic E-state index is 0.338. The monoisotopic (exact) mass is 212 g/mol. The molecule has 1 unspecified atom stereocenters. The molecule has 2 rings (SSSR count).